The average molecular weight is 354 g/mol. The molecule has 3 N–H and O–H groups in total. The molecule has 2 unspecified atom stereocenters. The van der Waals surface area contributed by atoms with Gasteiger partial charge in [-0.25, -0.2) is 4.79 Å². The number of benzene rings is 1. The number of aryl methyl sites for hydroxylation is 1. The molecular weight excluding hydrogens is 326 g/mol. The molecule has 0 spiro atoms. The Morgan fingerprint density at radius 1 is 1.15 bits per heavy atom. The molecule has 4 rings (SSSR count). The minimum Gasteiger partial charge on any atom is -0.463 e. The summed E-state index contributed by atoms with van der Waals surface area (Å²) < 4.78 is 5.54. The monoisotopic (exact) mass is 354 g/mol. The second-order valence-electron chi connectivity index (χ2n) is 7.58. The minimum atomic E-state index is -0.0789. The normalized spacial score (nSPS) is 27.3. The number of amides is 2. The molecule has 26 heavy (non-hydrogen) atoms. The molecule has 0 aliphatic carbocycles. The van der Waals surface area contributed by atoms with E-state index in [0.717, 1.165) is 37.3 Å². The number of carbonyl (C=O) groups excluding carboxylic acids is 1. The molecule has 5 nitrogen and oxygen atoms in total. The fraction of sp³-hybridized carbons (Fsp3) is 0.476. The number of hydrogen-bond acceptors (Lipinski definition) is 2. The smallest absolute Gasteiger partial charge is 0.319 e. The van der Waals surface area contributed by atoms with E-state index in [1.165, 1.54) is 18.4 Å². The second kappa shape index (κ2) is 7.54. The van der Waals surface area contributed by atoms with Crippen molar-refractivity contribution in [2.45, 2.75) is 63.7 Å². The highest BCUT2D eigenvalue weighted by molar-refractivity contribution is 5.90. The van der Waals surface area contributed by atoms with Crippen LogP contribution in [0, 0.1) is 0 Å². The number of nitrogens with one attached hydrogen (secondary N) is 3. The van der Waals surface area contributed by atoms with Crippen LogP contribution in [0.2, 0.25) is 0 Å². The first-order valence-corrected chi connectivity index (χ1v) is 9.76. The third-order valence-electron chi connectivity index (χ3n) is 5.99. The molecule has 1 aromatic carbocycles. The number of hydrogen-bond donors (Lipinski definition) is 3. The molecule has 2 aliphatic rings. The van der Waals surface area contributed by atoms with Crippen molar-refractivity contribution in [3.8, 4) is 0 Å². The third kappa shape index (κ3) is 3.63. The first-order chi connectivity index (χ1) is 12.7. The van der Waals surface area contributed by atoms with Crippen LogP contribution >= 0.6 is 0 Å². The fourth-order valence-electron chi connectivity index (χ4n) is 4.74. The molecule has 0 saturated carbocycles. The molecule has 4 atom stereocenters. The number of fused-ring (bicyclic) bond motifs is 2. The lowest BCUT2D eigenvalue weighted by Gasteiger charge is -2.35. The molecule has 5 heteroatoms. The lowest BCUT2D eigenvalue weighted by molar-refractivity contribution is -0.955. The van der Waals surface area contributed by atoms with Crippen molar-refractivity contribution in [1.82, 2.24) is 5.32 Å². The van der Waals surface area contributed by atoms with Gasteiger partial charge < -0.3 is 20.0 Å². The second-order valence-corrected chi connectivity index (χ2v) is 7.58. The molecule has 1 aromatic heterocycles. The summed E-state index contributed by atoms with van der Waals surface area (Å²) in [6.07, 6.45) is 7.27. The zero-order chi connectivity index (χ0) is 17.9. The van der Waals surface area contributed by atoms with Crippen molar-refractivity contribution in [2.24, 2.45) is 0 Å². The summed E-state index contributed by atoms with van der Waals surface area (Å²) in [5.41, 5.74) is 2.08. The maximum absolute atomic E-state index is 12.5. The fourth-order valence-corrected chi connectivity index (χ4v) is 4.74. The SMILES string of the molecule is CCc1ccccc1NC(=O)NC1C[C@H]2CC[C@@H](C1)[NH+]2Cc1ccco1. The van der Waals surface area contributed by atoms with Crippen LogP contribution in [0.5, 0.6) is 0 Å². The summed E-state index contributed by atoms with van der Waals surface area (Å²) in [6, 6.07) is 13.5. The van der Waals surface area contributed by atoms with Crippen molar-refractivity contribution >= 4 is 11.7 Å². The lowest BCUT2D eigenvalue weighted by atomic mass is 9.97. The van der Waals surface area contributed by atoms with Crippen LogP contribution in [-0.4, -0.2) is 24.2 Å². The third-order valence-corrected chi connectivity index (χ3v) is 5.99. The van der Waals surface area contributed by atoms with E-state index in [2.05, 4.69) is 29.7 Å². The average Bonchev–Trinajstić information content (AvgIpc) is 3.22. The van der Waals surface area contributed by atoms with E-state index in [-0.39, 0.29) is 12.1 Å². The van der Waals surface area contributed by atoms with Crippen LogP contribution in [0.4, 0.5) is 10.5 Å². The van der Waals surface area contributed by atoms with Crippen LogP contribution in [0.3, 0.4) is 0 Å². The molecule has 2 fully saturated rings. The zero-order valence-corrected chi connectivity index (χ0v) is 15.3. The van der Waals surface area contributed by atoms with Crippen LogP contribution < -0.4 is 15.5 Å². The molecule has 2 saturated heterocycles. The number of para-hydroxylation sites is 1. The number of rotatable bonds is 5. The number of carbonyl (C=O) groups is 1. The van der Waals surface area contributed by atoms with E-state index < -0.39 is 0 Å². The van der Waals surface area contributed by atoms with Gasteiger partial charge in [0.1, 0.15) is 6.54 Å². The van der Waals surface area contributed by atoms with E-state index in [9.17, 15) is 4.79 Å². The quantitative estimate of drug-likeness (QED) is 0.773. The van der Waals surface area contributed by atoms with Gasteiger partial charge in [-0.3, -0.25) is 0 Å². The van der Waals surface area contributed by atoms with Crippen molar-refractivity contribution < 1.29 is 14.1 Å². The lowest BCUT2D eigenvalue weighted by Crippen LogP contribution is -3.17. The Morgan fingerprint density at radius 2 is 1.92 bits per heavy atom. The summed E-state index contributed by atoms with van der Waals surface area (Å²) in [5.74, 6) is 1.07. The summed E-state index contributed by atoms with van der Waals surface area (Å²) in [7, 11) is 0. The summed E-state index contributed by atoms with van der Waals surface area (Å²) in [6.45, 7) is 3.07. The van der Waals surface area contributed by atoms with Gasteiger partial charge in [-0.15, -0.1) is 0 Å². The number of piperidine rings is 1. The summed E-state index contributed by atoms with van der Waals surface area (Å²) in [5, 5.41) is 6.25. The Morgan fingerprint density at radius 3 is 2.62 bits per heavy atom. The van der Waals surface area contributed by atoms with Crippen molar-refractivity contribution in [1.29, 1.82) is 0 Å². The topological polar surface area (TPSA) is 58.7 Å². The van der Waals surface area contributed by atoms with Crippen molar-refractivity contribution in [3.63, 3.8) is 0 Å². The van der Waals surface area contributed by atoms with Crippen LogP contribution in [0.25, 0.3) is 0 Å². The predicted molar refractivity (Wildman–Crippen MR) is 101 cm³/mol. The van der Waals surface area contributed by atoms with Gasteiger partial charge in [0, 0.05) is 37.4 Å². The highest BCUT2D eigenvalue weighted by Gasteiger charge is 2.45. The Kier molecular flexibility index (Phi) is 4.98. The Balaban J connectivity index is 1.33. The van der Waals surface area contributed by atoms with E-state index in [1.807, 2.05) is 24.3 Å². The number of urea groups is 1. The maximum Gasteiger partial charge on any atom is 0.319 e. The Bertz CT molecular complexity index is 729. The van der Waals surface area contributed by atoms with E-state index >= 15 is 0 Å². The van der Waals surface area contributed by atoms with Gasteiger partial charge in [0.15, 0.2) is 5.76 Å². The Labute approximate surface area is 154 Å². The molecule has 2 aliphatic heterocycles. The molecular formula is C21H28N3O2+. The zero-order valence-electron chi connectivity index (χ0n) is 15.3. The van der Waals surface area contributed by atoms with Gasteiger partial charge in [-0.05, 0) is 30.2 Å². The molecule has 138 valence electrons. The van der Waals surface area contributed by atoms with Gasteiger partial charge in [-0.2, -0.15) is 0 Å². The molecule has 3 heterocycles. The van der Waals surface area contributed by atoms with Crippen molar-refractivity contribution in [2.75, 3.05) is 5.32 Å². The number of quaternary nitrogens is 1. The van der Waals surface area contributed by atoms with Crippen LogP contribution in [0.15, 0.2) is 47.1 Å². The highest BCUT2D eigenvalue weighted by Crippen LogP contribution is 2.24. The highest BCUT2D eigenvalue weighted by atomic mass is 16.3. The van der Waals surface area contributed by atoms with Gasteiger partial charge in [0.2, 0.25) is 0 Å². The number of furan rings is 1. The van der Waals surface area contributed by atoms with E-state index in [4.69, 9.17) is 4.42 Å². The first kappa shape index (κ1) is 17.2. The first-order valence-electron chi connectivity index (χ1n) is 9.76. The molecule has 2 aromatic rings. The largest absolute Gasteiger partial charge is 0.463 e. The van der Waals surface area contributed by atoms with E-state index in [0.29, 0.717) is 12.1 Å². The van der Waals surface area contributed by atoms with Gasteiger partial charge >= 0.3 is 6.03 Å². The van der Waals surface area contributed by atoms with Crippen LogP contribution in [0.1, 0.15) is 43.9 Å². The summed E-state index contributed by atoms with van der Waals surface area (Å²) in [4.78, 5) is 14.1. The molecule has 2 bridgehead atoms. The summed E-state index contributed by atoms with van der Waals surface area (Å²) >= 11 is 0. The van der Waals surface area contributed by atoms with Gasteiger partial charge in [-0.1, -0.05) is 25.1 Å². The molecule has 2 amide bonds. The predicted octanol–water partition coefficient (Wildman–Crippen LogP) is 2.74. The number of anilines is 1. The van der Waals surface area contributed by atoms with Gasteiger partial charge in [0.25, 0.3) is 0 Å². The van der Waals surface area contributed by atoms with Gasteiger partial charge in [0.05, 0.1) is 18.3 Å². The maximum atomic E-state index is 12.5. The Hall–Kier alpha value is -2.27. The standard InChI is InChI=1S/C21H27N3O2/c1-2-15-6-3-4-8-20(15)23-21(25)22-16-12-17-9-10-18(13-16)24(17)14-19-7-5-11-26-19/h3-8,11,16-18H,2,9-10,12-14H2,1H3,(H2,22,23,25)/p+1/t16?,17-,18+. The van der Waals surface area contributed by atoms with Crippen molar-refractivity contribution in [3.05, 3.63) is 54.0 Å². The van der Waals surface area contributed by atoms with Crippen LogP contribution in [-0.2, 0) is 13.0 Å². The minimum absolute atomic E-state index is 0.0789. The van der Waals surface area contributed by atoms with E-state index in [1.54, 1.807) is 11.2 Å². The molecule has 0 radical (unpaired) electrons.